The molecule has 7 nitrogen and oxygen atoms in total. The van der Waals surface area contributed by atoms with Gasteiger partial charge < -0.3 is 9.80 Å². The zero-order valence-electron chi connectivity index (χ0n) is 16.2. The topological polar surface area (TPSA) is 82.1 Å². The Labute approximate surface area is 159 Å². The van der Waals surface area contributed by atoms with Crippen molar-refractivity contribution in [2.24, 2.45) is 5.10 Å². The number of hydrazone groups is 1. The normalized spacial score (nSPS) is 17.9. The molecule has 2 aliphatic rings. The number of hydrogen-bond acceptors (Lipinski definition) is 4. The van der Waals surface area contributed by atoms with Gasteiger partial charge in [0.1, 0.15) is 5.71 Å². The Morgan fingerprint density at radius 1 is 0.889 bits per heavy atom. The summed E-state index contributed by atoms with van der Waals surface area (Å²) >= 11 is 0. The highest BCUT2D eigenvalue weighted by Crippen LogP contribution is 2.18. The number of amides is 3. The number of rotatable bonds is 2. The Kier molecular flexibility index (Phi) is 5.58. The smallest absolute Gasteiger partial charge is 0.270 e. The maximum atomic E-state index is 13.0. The third-order valence-corrected chi connectivity index (χ3v) is 5.29. The van der Waals surface area contributed by atoms with Crippen molar-refractivity contribution in [2.45, 2.75) is 40.0 Å². The van der Waals surface area contributed by atoms with Gasteiger partial charge in [-0.05, 0) is 49.9 Å². The van der Waals surface area contributed by atoms with Crippen LogP contribution in [0, 0.1) is 20.8 Å². The van der Waals surface area contributed by atoms with Gasteiger partial charge in [0.2, 0.25) is 5.91 Å². The van der Waals surface area contributed by atoms with Gasteiger partial charge in [0.05, 0.1) is 0 Å². The highest BCUT2D eigenvalue weighted by Gasteiger charge is 2.27. The van der Waals surface area contributed by atoms with Gasteiger partial charge in [0.25, 0.3) is 11.8 Å². The van der Waals surface area contributed by atoms with Gasteiger partial charge in [-0.2, -0.15) is 5.10 Å². The number of hydrogen-bond donors (Lipinski definition) is 1. The molecule has 3 rings (SSSR count). The summed E-state index contributed by atoms with van der Waals surface area (Å²) < 4.78 is 0. The van der Waals surface area contributed by atoms with E-state index in [0.717, 1.165) is 23.1 Å². The summed E-state index contributed by atoms with van der Waals surface area (Å²) in [5.41, 5.74) is 6.75. The van der Waals surface area contributed by atoms with Crippen LogP contribution >= 0.6 is 0 Å². The fraction of sp³-hybridized carbons (Fsp3) is 0.500. The monoisotopic (exact) mass is 370 g/mol. The molecule has 1 aromatic carbocycles. The van der Waals surface area contributed by atoms with Gasteiger partial charge in [-0.15, -0.1) is 0 Å². The zero-order valence-corrected chi connectivity index (χ0v) is 16.2. The molecule has 144 valence electrons. The summed E-state index contributed by atoms with van der Waals surface area (Å²) in [6.45, 7) is 8.20. The van der Waals surface area contributed by atoms with Crippen LogP contribution in [0.2, 0.25) is 0 Å². The van der Waals surface area contributed by atoms with E-state index in [0.29, 0.717) is 38.3 Å². The van der Waals surface area contributed by atoms with Crippen LogP contribution in [-0.4, -0.2) is 59.4 Å². The number of aryl methyl sites for hydroxylation is 3. The molecule has 2 aliphatic heterocycles. The summed E-state index contributed by atoms with van der Waals surface area (Å²) in [6.07, 6.45) is 1.38. The number of benzene rings is 1. The second-order valence-corrected chi connectivity index (χ2v) is 7.28. The average Bonchev–Trinajstić information content (AvgIpc) is 2.90. The average molecular weight is 370 g/mol. The van der Waals surface area contributed by atoms with Gasteiger partial charge in [-0.1, -0.05) is 6.07 Å². The van der Waals surface area contributed by atoms with Crippen LogP contribution in [0.4, 0.5) is 0 Å². The molecular formula is C20H26N4O3. The minimum Gasteiger partial charge on any atom is -0.337 e. The first-order valence-electron chi connectivity index (χ1n) is 9.38. The summed E-state index contributed by atoms with van der Waals surface area (Å²) in [5.74, 6) is -0.290. The number of nitrogens with zero attached hydrogens (tertiary/aromatic N) is 3. The molecule has 1 aromatic rings. The zero-order chi connectivity index (χ0) is 19.6. The Balaban J connectivity index is 1.68. The largest absolute Gasteiger partial charge is 0.337 e. The van der Waals surface area contributed by atoms with Crippen LogP contribution < -0.4 is 5.43 Å². The van der Waals surface area contributed by atoms with E-state index in [1.54, 1.807) is 4.90 Å². The standard InChI is InChI=1S/C20H26N4O3/c1-13-11-15(3)16(12-14(13)2)19(26)23-7-4-8-24(10-9-23)20(27)17-5-6-18(25)22-21-17/h11-12H,4-10H2,1-3H3,(H,22,25). The van der Waals surface area contributed by atoms with Crippen molar-refractivity contribution < 1.29 is 14.4 Å². The van der Waals surface area contributed by atoms with Crippen LogP contribution in [0.25, 0.3) is 0 Å². The minimum atomic E-state index is -0.164. The Morgan fingerprint density at radius 3 is 2.15 bits per heavy atom. The molecule has 0 saturated carbocycles. The predicted octanol–water partition coefficient (Wildman–Crippen LogP) is 1.55. The second kappa shape index (κ2) is 7.90. The van der Waals surface area contributed by atoms with E-state index in [2.05, 4.69) is 10.5 Å². The maximum Gasteiger partial charge on any atom is 0.270 e. The summed E-state index contributed by atoms with van der Waals surface area (Å²) in [5, 5.41) is 3.89. The van der Waals surface area contributed by atoms with Crippen molar-refractivity contribution in [3.8, 4) is 0 Å². The minimum absolute atomic E-state index is 0.0205. The molecule has 0 bridgehead atoms. The summed E-state index contributed by atoms with van der Waals surface area (Å²) in [4.78, 5) is 40.4. The van der Waals surface area contributed by atoms with Crippen LogP contribution in [0.1, 0.15) is 46.3 Å². The van der Waals surface area contributed by atoms with Gasteiger partial charge in [0, 0.05) is 44.6 Å². The van der Waals surface area contributed by atoms with E-state index in [1.807, 2.05) is 37.8 Å². The Bertz CT molecular complexity index is 816. The molecule has 1 fully saturated rings. The van der Waals surface area contributed by atoms with Crippen molar-refractivity contribution in [1.29, 1.82) is 0 Å². The molecular weight excluding hydrogens is 344 g/mol. The van der Waals surface area contributed by atoms with Gasteiger partial charge in [-0.25, -0.2) is 5.43 Å². The van der Waals surface area contributed by atoms with Crippen molar-refractivity contribution in [3.63, 3.8) is 0 Å². The van der Waals surface area contributed by atoms with E-state index in [4.69, 9.17) is 0 Å². The third kappa shape index (κ3) is 4.18. The van der Waals surface area contributed by atoms with Crippen LogP contribution in [0.15, 0.2) is 17.2 Å². The molecule has 0 aromatic heterocycles. The lowest BCUT2D eigenvalue weighted by molar-refractivity contribution is -0.124. The molecule has 3 amide bonds. The lowest BCUT2D eigenvalue weighted by Crippen LogP contribution is -2.42. The van der Waals surface area contributed by atoms with Gasteiger partial charge >= 0.3 is 0 Å². The van der Waals surface area contributed by atoms with E-state index in [9.17, 15) is 14.4 Å². The predicted molar refractivity (Wildman–Crippen MR) is 103 cm³/mol. The fourth-order valence-corrected chi connectivity index (χ4v) is 3.50. The maximum absolute atomic E-state index is 13.0. The van der Waals surface area contributed by atoms with E-state index in [-0.39, 0.29) is 24.1 Å². The first kappa shape index (κ1) is 19.1. The molecule has 0 spiro atoms. The summed E-state index contributed by atoms with van der Waals surface area (Å²) in [6, 6.07) is 4.01. The van der Waals surface area contributed by atoms with Gasteiger partial charge in [0.15, 0.2) is 0 Å². The molecule has 1 saturated heterocycles. The van der Waals surface area contributed by atoms with Crippen LogP contribution in [-0.2, 0) is 9.59 Å². The highest BCUT2D eigenvalue weighted by atomic mass is 16.2. The molecule has 0 radical (unpaired) electrons. The van der Waals surface area contributed by atoms with Gasteiger partial charge in [-0.3, -0.25) is 14.4 Å². The second-order valence-electron chi connectivity index (χ2n) is 7.28. The SMILES string of the molecule is Cc1cc(C)c(C(=O)N2CCCN(C(=O)C3=NNC(=O)CC3)CC2)cc1C. The molecule has 0 unspecified atom stereocenters. The Morgan fingerprint density at radius 2 is 1.52 bits per heavy atom. The van der Waals surface area contributed by atoms with Crippen LogP contribution in [0.3, 0.4) is 0 Å². The first-order valence-corrected chi connectivity index (χ1v) is 9.38. The molecule has 0 aliphatic carbocycles. The number of carbonyl (C=O) groups excluding carboxylic acids is 3. The van der Waals surface area contributed by atoms with Crippen molar-refractivity contribution in [2.75, 3.05) is 26.2 Å². The highest BCUT2D eigenvalue weighted by molar-refractivity contribution is 6.39. The Hall–Kier alpha value is -2.70. The van der Waals surface area contributed by atoms with Crippen molar-refractivity contribution in [1.82, 2.24) is 15.2 Å². The quantitative estimate of drug-likeness (QED) is 0.858. The third-order valence-electron chi connectivity index (χ3n) is 5.29. The summed E-state index contributed by atoms with van der Waals surface area (Å²) in [7, 11) is 0. The lowest BCUT2D eigenvalue weighted by Gasteiger charge is -2.24. The van der Waals surface area contributed by atoms with E-state index >= 15 is 0 Å². The van der Waals surface area contributed by atoms with Crippen molar-refractivity contribution in [3.05, 3.63) is 34.4 Å². The fourth-order valence-electron chi connectivity index (χ4n) is 3.50. The lowest BCUT2D eigenvalue weighted by atomic mass is 10.00. The molecule has 1 N–H and O–H groups in total. The molecule has 27 heavy (non-hydrogen) atoms. The molecule has 0 atom stereocenters. The van der Waals surface area contributed by atoms with E-state index < -0.39 is 0 Å². The number of nitrogens with one attached hydrogen (secondary N) is 1. The van der Waals surface area contributed by atoms with E-state index in [1.165, 1.54) is 5.56 Å². The number of carbonyl (C=O) groups is 3. The molecule has 2 heterocycles. The first-order chi connectivity index (χ1) is 12.9. The molecule has 7 heteroatoms. The van der Waals surface area contributed by atoms with Crippen LogP contribution in [0.5, 0.6) is 0 Å². The van der Waals surface area contributed by atoms with Crippen molar-refractivity contribution >= 4 is 23.4 Å².